The molecule has 2 aromatic rings. The maximum Gasteiger partial charge on any atom is 0.416 e. The second-order valence-electron chi connectivity index (χ2n) is 9.84. The number of alkyl halides is 3. The van der Waals surface area contributed by atoms with Crippen molar-refractivity contribution >= 4 is 23.8 Å². The van der Waals surface area contributed by atoms with Crippen molar-refractivity contribution in [1.29, 1.82) is 5.41 Å². The Morgan fingerprint density at radius 1 is 0.973 bits per heavy atom. The lowest BCUT2D eigenvalue weighted by molar-refractivity contribution is -0.137. The summed E-state index contributed by atoms with van der Waals surface area (Å²) in [4.78, 5) is 23.9. The maximum absolute atomic E-state index is 12.6. The molecular weight excluding hydrogens is 481 g/mol. The van der Waals surface area contributed by atoms with Gasteiger partial charge in [0.05, 0.1) is 16.7 Å². The lowest BCUT2D eigenvalue weighted by Crippen LogP contribution is -2.35. The first kappa shape index (κ1) is 31.9. The summed E-state index contributed by atoms with van der Waals surface area (Å²) in [6.45, 7) is 13.0. The third-order valence-corrected chi connectivity index (χ3v) is 6.00. The molecule has 0 spiro atoms. The average molecular weight is 521 g/mol. The van der Waals surface area contributed by atoms with E-state index in [1.54, 1.807) is 33.8 Å². The number of ether oxygens (including phenoxy) is 1. The van der Waals surface area contributed by atoms with Crippen LogP contribution in [0.25, 0.3) is 0 Å². The quantitative estimate of drug-likeness (QED) is 0.343. The zero-order valence-corrected chi connectivity index (χ0v) is 22.8. The van der Waals surface area contributed by atoms with E-state index in [1.807, 2.05) is 32.9 Å². The summed E-state index contributed by atoms with van der Waals surface area (Å²) in [5, 5.41) is 9.98. The van der Waals surface area contributed by atoms with Gasteiger partial charge in [-0.05, 0) is 69.9 Å². The highest BCUT2D eigenvalue weighted by Gasteiger charge is 2.37. The monoisotopic (exact) mass is 520 g/mol. The largest absolute Gasteiger partial charge is 0.444 e. The first-order valence-electron chi connectivity index (χ1n) is 12.5. The first-order valence-corrected chi connectivity index (χ1v) is 12.5. The lowest BCUT2D eigenvalue weighted by Gasteiger charge is -2.31. The van der Waals surface area contributed by atoms with Crippen LogP contribution < -0.4 is 5.32 Å². The standard InChI is InChI=1S/C16H21F3O.C13H18N2O2/c1-4-11-15(6-3,14(20)5-2)12-7-9-13(10-8-12)16(17,18)19;1-9-6-5-7-11(10(9)8-14)15-12(16)17-13(2,3)4/h7-10H,4-6,11H2,1-3H3;5-8,14H,1-4H3,(H,15,16). The number of hydrogen-bond acceptors (Lipinski definition) is 4. The highest BCUT2D eigenvalue weighted by molar-refractivity contribution is 5.95. The molecule has 2 aromatic carbocycles. The third-order valence-electron chi connectivity index (χ3n) is 6.00. The number of nitrogens with one attached hydrogen (secondary N) is 2. The smallest absolute Gasteiger partial charge is 0.416 e. The van der Waals surface area contributed by atoms with Crippen LogP contribution in [0.3, 0.4) is 0 Å². The van der Waals surface area contributed by atoms with Crippen LogP contribution in [0.1, 0.15) is 89.5 Å². The Morgan fingerprint density at radius 3 is 1.97 bits per heavy atom. The summed E-state index contributed by atoms with van der Waals surface area (Å²) in [5.74, 6) is 0.0987. The molecule has 204 valence electrons. The SMILES string of the molecule is CCCC(CC)(C(=O)CC)c1ccc(C(F)(F)F)cc1.Cc1cccc(NC(=O)OC(C)(C)C)c1C=N. The molecule has 37 heavy (non-hydrogen) atoms. The van der Waals surface area contributed by atoms with Gasteiger partial charge in [0.15, 0.2) is 0 Å². The Hall–Kier alpha value is -3.16. The Kier molecular flexibility index (Phi) is 11.5. The molecule has 1 amide bonds. The van der Waals surface area contributed by atoms with Crippen LogP contribution in [0.4, 0.5) is 23.7 Å². The van der Waals surface area contributed by atoms with Crippen molar-refractivity contribution in [3.63, 3.8) is 0 Å². The molecule has 0 aromatic heterocycles. The molecule has 8 heteroatoms. The van der Waals surface area contributed by atoms with Crippen LogP contribution >= 0.6 is 0 Å². The summed E-state index contributed by atoms with van der Waals surface area (Å²) in [5.41, 5.74) is 1.07. The Labute approximate surface area is 218 Å². The number of halogens is 3. The molecule has 2 rings (SSSR count). The fourth-order valence-electron chi connectivity index (χ4n) is 4.16. The van der Waals surface area contributed by atoms with Crippen molar-refractivity contribution in [1.82, 2.24) is 0 Å². The average Bonchev–Trinajstić information content (AvgIpc) is 2.81. The van der Waals surface area contributed by atoms with E-state index in [9.17, 15) is 22.8 Å². The molecule has 0 radical (unpaired) electrons. The van der Waals surface area contributed by atoms with E-state index in [4.69, 9.17) is 10.1 Å². The van der Waals surface area contributed by atoms with Crippen molar-refractivity contribution in [2.45, 2.75) is 91.3 Å². The van der Waals surface area contributed by atoms with Crippen LogP contribution in [-0.4, -0.2) is 23.7 Å². The van der Waals surface area contributed by atoms with Gasteiger partial charge in [-0.1, -0.05) is 51.5 Å². The Morgan fingerprint density at radius 2 is 1.54 bits per heavy atom. The molecule has 0 fully saturated rings. The molecule has 2 N–H and O–H groups in total. The van der Waals surface area contributed by atoms with Gasteiger partial charge in [0, 0.05) is 18.2 Å². The number of anilines is 1. The van der Waals surface area contributed by atoms with Crippen LogP contribution in [0.5, 0.6) is 0 Å². The summed E-state index contributed by atoms with van der Waals surface area (Å²) in [6, 6.07) is 10.5. The van der Waals surface area contributed by atoms with Crippen LogP contribution in [0.2, 0.25) is 0 Å². The normalized spacial score (nSPS) is 13.0. The molecule has 1 atom stereocenters. The summed E-state index contributed by atoms with van der Waals surface area (Å²) in [7, 11) is 0. The van der Waals surface area contributed by atoms with Crippen LogP contribution in [0.15, 0.2) is 42.5 Å². The predicted octanol–water partition coefficient (Wildman–Crippen LogP) is 8.47. The molecule has 5 nitrogen and oxygen atoms in total. The minimum Gasteiger partial charge on any atom is -0.444 e. The fourth-order valence-corrected chi connectivity index (χ4v) is 4.16. The summed E-state index contributed by atoms with van der Waals surface area (Å²) < 4.78 is 43.0. The van der Waals surface area contributed by atoms with E-state index < -0.39 is 28.8 Å². The van der Waals surface area contributed by atoms with Crippen LogP contribution in [-0.2, 0) is 21.1 Å². The molecule has 0 bridgehead atoms. The summed E-state index contributed by atoms with van der Waals surface area (Å²) in [6.07, 6.45) is -1.13. The molecule has 1 unspecified atom stereocenters. The van der Waals surface area contributed by atoms with Gasteiger partial charge in [-0.2, -0.15) is 13.2 Å². The van der Waals surface area contributed by atoms with E-state index in [0.29, 0.717) is 36.1 Å². The number of Topliss-reactive ketones (excluding diaryl/α,β-unsaturated/α-hetero) is 1. The van der Waals surface area contributed by atoms with Crippen molar-refractivity contribution in [2.24, 2.45) is 0 Å². The van der Waals surface area contributed by atoms with Crippen molar-refractivity contribution in [3.8, 4) is 0 Å². The van der Waals surface area contributed by atoms with Gasteiger partial charge >= 0.3 is 12.3 Å². The zero-order chi connectivity index (χ0) is 28.4. The van der Waals surface area contributed by atoms with E-state index in [-0.39, 0.29) is 5.78 Å². The lowest BCUT2D eigenvalue weighted by atomic mass is 9.70. The number of benzene rings is 2. The minimum absolute atomic E-state index is 0.0987. The van der Waals surface area contributed by atoms with Crippen LogP contribution in [0, 0.1) is 12.3 Å². The van der Waals surface area contributed by atoms with E-state index in [2.05, 4.69) is 5.32 Å². The van der Waals surface area contributed by atoms with Gasteiger partial charge in [0.1, 0.15) is 11.4 Å². The number of carbonyl (C=O) groups excluding carboxylic acids is 2. The van der Waals surface area contributed by atoms with Gasteiger partial charge in [-0.3, -0.25) is 10.1 Å². The first-order chi connectivity index (χ1) is 17.1. The van der Waals surface area contributed by atoms with Gasteiger partial charge in [-0.15, -0.1) is 0 Å². The predicted molar refractivity (Wildman–Crippen MR) is 143 cm³/mol. The second kappa shape index (κ2) is 13.4. The van der Waals surface area contributed by atoms with E-state index in [0.717, 1.165) is 24.1 Å². The van der Waals surface area contributed by atoms with Gasteiger partial charge in [0.25, 0.3) is 0 Å². The molecule has 0 saturated carbocycles. The minimum atomic E-state index is -4.34. The number of carbonyl (C=O) groups is 2. The fraction of sp³-hybridized carbons (Fsp3) is 0.483. The van der Waals surface area contributed by atoms with Crippen molar-refractivity contribution in [2.75, 3.05) is 5.32 Å². The van der Waals surface area contributed by atoms with Crippen molar-refractivity contribution in [3.05, 3.63) is 64.7 Å². The van der Waals surface area contributed by atoms with E-state index in [1.165, 1.54) is 18.3 Å². The number of amides is 1. The third kappa shape index (κ3) is 9.02. The molecule has 0 saturated heterocycles. The molecule has 0 aliphatic heterocycles. The highest BCUT2D eigenvalue weighted by Crippen LogP contribution is 2.37. The molecule has 0 aliphatic rings. The molecule has 0 heterocycles. The van der Waals surface area contributed by atoms with Gasteiger partial charge < -0.3 is 10.1 Å². The van der Waals surface area contributed by atoms with Gasteiger partial charge in [0.2, 0.25) is 0 Å². The number of rotatable bonds is 8. The molecular formula is C29H39F3N2O3. The topological polar surface area (TPSA) is 79.2 Å². The second-order valence-corrected chi connectivity index (χ2v) is 9.84. The van der Waals surface area contributed by atoms with Crippen molar-refractivity contribution < 1.29 is 27.5 Å². The zero-order valence-electron chi connectivity index (χ0n) is 22.8. The number of hydrogen-bond donors (Lipinski definition) is 2. The number of ketones is 1. The summed E-state index contributed by atoms with van der Waals surface area (Å²) >= 11 is 0. The Bertz CT molecular complexity index is 1060. The Balaban J connectivity index is 0.000000375. The van der Waals surface area contributed by atoms with Gasteiger partial charge in [-0.25, -0.2) is 4.79 Å². The maximum atomic E-state index is 12.6. The highest BCUT2D eigenvalue weighted by atomic mass is 19.4. The number of aryl methyl sites for hydroxylation is 1. The van der Waals surface area contributed by atoms with E-state index >= 15 is 0 Å². The molecule has 0 aliphatic carbocycles.